The van der Waals surface area contributed by atoms with Gasteiger partial charge in [0, 0.05) is 42.9 Å². The molecule has 0 saturated carbocycles. The average molecular weight is 463 g/mol. The fraction of sp³-hybridized carbons (Fsp3) is 0.500. The highest BCUT2D eigenvalue weighted by atomic mass is 19.4. The number of aromatic nitrogens is 1. The number of benzene rings is 1. The van der Waals surface area contributed by atoms with E-state index in [9.17, 15) is 18.0 Å². The number of halogens is 3. The molecular weight excluding hydrogens is 433 g/mol. The molecule has 2 aromatic rings. The molecule has 1 saturated heterocycles. The third-order valence-corrected chi connectivity index (χ3v) is 6.16. The van der Waals surface area contributed by atoms with Crippen molar-refractivity contribution >= 4 is 28.8 Å². The third-order valence-electron chi connectivity index (χ3n) is 6.16. The van der Waals surface area contributed by atoms with Crippen LogP contribution in [0.5, 0.6) is 0 Å². The number of morpholine rings is 1. The minimum absolute atomic E-state index is 0.0349. The van der Waals surface area contributed by atoms with E-state index in [-0.39, 0.29) is 12.3 Å². The van der Waals surface area contributed by atoms with Crippen LogP contribution in [-0.4, -0.2) is 43.4 Å². The molecule has 1 fully saturated rings. The van der Waals surface area contributed by atoms with Crippen molar-refractivity contribution in [3.05, 3.63) is 42.1 Å². The Morgan fingerprint density at radius 2 is 2.00 bits per heavy atom. The molecule has 0 bridgehead atoms. The fourth-order valence-corrected chi connectivity index (χ4v) is 4.29. The maximum atomic E-state index is 13.5. The van der Waals surface area contributed by atoms with Gasteiger partial charge in [-0.15, -0.1) is 0 Å². The lowest BCUT2D eigenvalue weighted by molar-refractivity contribution is -0.135. The van der Waals surface area contributed by atoms with Gasteiger partial charge < -0.3 is 19.9 Å². The van der Waals surface area contributed by atoms with Gasteiger partial charge in [-0.25, -0.2) is 4.98 Å². The van der Waals surface area contributed by atoms with E-state index >= 15 is 0 Å². The summed E-state index contributed by atoms with van der Waals surface area (Å²) in [5.41, 5.74) is 3.43. The van der Waals surface area contributed by atoms with E-state index < -0.39 is 18.5 Å². The lowest BCUT2D eigenvalue weighted by Crippen LogP contribution is -2.37. The number of ether oxygens (including phenoxy) is 1. The second kappa shape index (κ2) is 9.99. The summed E-state index contributed by atoms with van der Waals surface area (Å²) in [7, 11) is 0. The number of pyridine rings is 1. The first-order chi connectivity index (χ1) is 15.8. The summed E-state index contributed by atoms with van der Waals surface area (Å²) in [5, 5.41) is 3.35. The van der Waals surface area contributed by atoms with E-state index in [1.54, 1.807) is 18.0 Å². The monoisotopic (exact) mass is 462 g/mol. The number of hydrogen-bond donors (Lipinski definition) is 1. The molecule has 33 heavy (non-hydrogen) atoms. The zero-order valence-corrected chi connectivity index (χ0v) is 18.7. The second-order valence-electron chi connectivity index (χ2n) is 8.62. The van der Waals surface area contributed by atoms with Crippen LogP contribution in [0, 0.1) is 5.92 Å². The number of anilines is 4. The molecule has 1 aromatic carbocycles. The summed E-state index contributed by atoms with van der Waals surface area (Å²) in [4.78, 5) is 21.9. The molecule has 0 spiro atoms. The topological polar surface area (TPSA) is 57.7 Å². The Morgan fingerprint density at radius 3 is 2.76 bits per heavy atom. The van der Waals surface area contributed by atoms with Gasteiger partial charge in [-0.2, -0.15) is 13.2 Å². The van der Waals surface area contributed by atoms with Crippen molar-refractivity contribution in [1.29, 1.82) is 0 Å². The van der Waals surface area contributed by atoms with E-state index in [2.05, 4.69) is 15.2 Å². The van der Waals surface area contributed by atoms with Crippen LogP contribution in [0.1, 0.15) is 38.2 Å². The normalized spacial score (nSPS) is 17.0. The van der Waals surface area contributed by atoms with Gasteiger partial charge in [-0.05, 0) is 37.1 Å². The molecule has 0 radical (unpaired) electrons. The van der Waals surface area contributed by atoms with Crippen LogP contribution in [0.4, 0.5) is 36.1 Å². The number of hydrogen-bond acceptors (Lipinski definition) is 5. The van der Waals surface area contributed by atoms with Crippen molar-refractivity contribution in [2.45, 2.75) is 45.3 Å². The Balaban J connectivity index is 1.58. The Bertz CT molecular complexity index is 976. The van der Waals surface area contributed by atoms with Gasteiger partial charge in [-0.1, -0.05) is 19.4 Å². The maximum Gasteiger partial charge on any atom is 0.389 e. The highest BCUT2D eigenvalue weighted by Crippen LogP contribution is 2.38. The van der Waals surface area contributed by atoms with E-state index in [1.807, 2.05) is 30.3 Å². The summed E-state index contributed by atoms with van der Waals surface area (Å²) < 4.78 is 42.9. The van der Waals surface area contributed by atoms with Gasteiger partial charge in [0.05, 0.1) is 31.1 Å². The van der Waals surface area contributed by atoms with Crippen LogP contribution in [0.25, 0.3) is 0 Å². The second-order valence-corrected chi connectivity index (χ2v) is 8.62. The van der Waals surface area contributed by atoms with Gasteiger partial charge in [-0.3, -0.25) is 4.79 Å². The standard InChI is InChI=1S/C24H29F3N4O2/c1-17(5-2-3-9-24(25,26)27)23(32)31-16-18-6-4-10-28-22(18)29-20-8-7-19(15-21(20)31)30-11-13-33-14-12-30/h4,6-8,10,15,17H,2-3,5,9,11-14,16H2,1H3,(H,28,29). The Kier molecular flexibility index (Phi) is 7.07. The van der Waals surface area contributed by atoms with Crippen molar-refractivity contribution in [2.75, 3.05) is 41.4 Å². The highest BCUT2D eigenvalue weighted by molar-refractivity contribution is 6.00. The molecule has 9 heteroatoms. The van der Waals surface area contributed by atoms with Crippen LogP contribution in [-0.2, 0) is 16.1 Å². The quantitative estimate of drug-likeness (QED) is 0.593. The zero-order valence-electron chi connectivity index (χ0n) is 18.7. The molecule has 3 heterocycles. The maximum absolute atomic E-state index is 13.5. The number of unbranched alkanes of at least 4 members (excludes halogenated alkanes) is 1. The molecule has 1 unspecified atom stereocenters. The number of carbonyl (C=O) groups is 1. The predicted octanol–water partition coefficient (Wildman–Crippen LogP) is 5.27. The first-order valence-corrected chi connectivity index (χ1v) is 11.4. The Labute approximate surface area is 191 Å². The lowest BCUT2D eigenvalue weighted by atomic mass is 10.0. The summed E-state index contributed by atoms with van der Waals surface area (Å²) in [6.45, 7) is 5.01. The number of amides is 1. The van der Waals surface area contributed by atoms with Crippen LogP contribution in [0.15, 0.2) is 36.5 Å². The van der Waals surface area contributed by atoms with Gasteiger partial charge >= 0.3 is 6.18 Å². The molecule has 1 amide bonds. The van der Waals surface area contributed by atoms with Crippen LogP contribution in [0.3, 0.4) is 0 Å². The van der Waals surface area contributed by atoms with E-state index in [0.29, 0.717) is 38.4 Å². The molecule has 2 aliphatic rings. The average Bonchev–Trinajstić information content (AvgIpc) is 2.97. The highest BCUT2D eigenvalue weighted by Gasteiger charge is 2.30. The van der Waals surface area contributed by atoms with Crippen LogP contribution >= 0.6 is 0 Å². The van der Waals surface area contributed by atoms with Crippen molar-refractivity contribution in [3.63, 3.8) is 0 Å². The van der Waals surface area contributed by atoms with E-state index in [0.717, 1.165) is 35.7 Å². The van der Waals surface area contributed by atoms with Crippen LogP contribution in [0.2, 0.25) is 0 Å². The Hall–Kier alpha value is -2.81. The number of nitrogens with one attached hydrogen (secondary N) is 1. The van der Waals surface area contributed by atoms with Gasteiger partial charge in [0.2, 0.25) is 5.91 Å². The molecule has 4 rings (SSSR count). The number of rotatable bonds is 6. The smallest absolute Gasteiger partial charge is 0.378 e. The summed E-state index contributed by atoms with van der Waals surface area (Å²) in [6, 6.07) is 9.75. The molecule has 2 aliphatic heterocycles. The molecule has 1 aromatic heterocycles. The Morgan fingerprint density at radius 1 is 1.21 bits per heavy atom. The predicted molar refractivity (Wildman–Crippen MR) is 122 cm³/mol. The minimum Gasteiger partial charge on any atom is -0.378 e. The largest absolute Gasteiger partial charge is 0.389 e. The molecule has 178 valence electrons. The van der Waals surface area contributed by atoms with Gasteiger partial charge in [0.1, 0.15) is 5.82 Å². The van der Waals surface area contributed by atoms with Gasteiger partial charge in [0.25, 0.3) is 0 Å². The third kappa shape index (κ3) is 5.76. The number of alkyl halides is 3. The summed E-state index contributed by atoms with van der Waals surface area (Å²) >= 11 is 0. The van der Waals surface area contributed by atoms with E-state index in [1.165, 1.54) is 0 Å². The summed E-state index contributed by atoms with van der Waals surface area (Å²) in [5.74, 6) is 0.211. The first-order valence-electron chi connectivity index (χ1n) is 11.4. The first kappa shape index (κ1) is 23.4. The zero-order chi connectivity index (χ0) is 23.4. The van der Waals surface area contributed by atoms with Crippen molar-refractivity contribution in [2.24, 2.45) is 5.92 Å². The number of fused-ring (bicyclic) bond motifs is 2. The van der Waals surface area contributed by atoms with Gasteiger partial charge in [0.15, 0.2) is 0 Å². The molecule has 1 atom stereocenters. The molecule has 0 aliphatic carbocycles. The molecule has 1 N–H and O–H groups in total. The van der Waals surface area contributed by atoms with Crippen LogP contribution < -0.4 is 15.1 Å². The molecular formula is C24H29F3N4O2. The molecule has 6 nitrogen and oxygen atoms in total. The fourth-order valence-electron chi connectivity index (χ4n) is 4.29. The number of carbonyl (C=O) groups excluding carboxylic acids is 1. The summed E-state index contributed by atoms with van der Waals surface area (Å²) in [6.07, 6.45) is -2.46. The van der Waals surface area contributed by atoms with Crippen molar-refractivity contribution in [1.82, 2.24) is 4.98 Å². The number of nitrogens with zero attached hydrogens (tertiary/aromatic N) is 3. The SMILES string of the molecule is CC(CCCCC(F)(F)F)C(=O)N1Cc2cccnc2Nc2ccc(N3CCOCC3)cc21. The lowest BCUT2D eigenvalue weighted by Gasteiger charge is -2.31. The van der Waals surface area contributed by atoms with Crippen molar-refractivity contribution in [3.8, 4) is 0 Å². The van der Waals surface area contributed by atoms with E-state index in [4.69, 9.17) is 4.74 Å². The minimum atomic E-state index is -4.16. The van der Waals surface area contributed by atoms with Crippen molar-refractivity contribution < 1.29 is 22.7 Å².